The molecule has 3 aromatic carbocycles. The van der Waals surface area contributed by atoms with Gasteiger partial charge in [0.15, 0.2) is 16.6 Å². The van der Waals surface area contributed by atoms with Crippen molar-refractivity contribution in [3.05, 3.63) is 52.7 Å². The lowest BCUT2D eigenvalue weighted by Gasteiger charge is -2.24. The Morgan fingerprint density at radius 3 is 2.55 bits per heavy atom. The van der Waals surface area contributed by atoms with Gasteiger partial charge in [0, 0.05) is 41.7 Å². The van der Waals surface area contributed by atoms with E-state index in [0.717, 1.165) is 0 Å². The first-order valence-corrected chi connectivity index (χ1v) is 11.6. The summed E-state index contributed by atoms with van der Waals surface area (Å²) >= 11 is 0. The van der Waals surface area contributed by atoms with E-state index < -0.39 is 21.8 Å². The SMILES string of the molecule is O=C(O)CCN(CCCS(=O)(=O)O)c1ccc2nc3c(cc(O)c4ccc(=O)cc43)oc2c1. The summed E-state index contributed by atoms with van der Waals surface area (Å²) in [7, 11) is -4.13. The number of aromatic nitrogens is 1. The van der Waals surface area contributed by atoms with E-state index in [1.807, 2.05) is 0 Å². The van der Waals surface area contributed by atoms with Crippen molar-refractivity contribution < 1.29 is 32.4 Å². The molecule has 0 bridgehead atoms. The molecule has 0 saturated heterocycles. The van der Waals surface area contributed by atoms with Crippen molar-refractivity contribution in [1.82, 2.24) is 4.98 Å². The number of fused-ring (bicyclic) bond motifs is 4. The van der Waals surface area contributed by atoms with Gasteiger partial charge in [0.25, 0.3) is 10.1 Å². The minimum Gasteiger partial charge on any atom is -0.507 e. The Bertz CT molecular complexity index is 1550. The number of aromatic hydroxyl groups is 1. The molecule has 0 saturated carbocycles. The first kappa shape index (κ1) is 22.5. The van der Waals surface area contributed by atoms with Crippen LogP contribution in [0.15, 0.2) is 51.7 Å². The zero-order valence-corrected chi connectivity index (χ0v) is 18.1. The maximum Gasteiger partial charge on any atom is 0.305 e. The molecule has 0 aliphatic rings. The molecule has 33 heavy (non-hydrogen) atoms. The van der Waals surface area contributed by atoms with Crippen LogP contribution >= 0.6 is 0 Å². The van der Waals surface area contributed by atoms with Crippen LogP contribution < -0.4 is 10.3 Å². The van der Waals surface area contributed by atoms with Crippen LogP contribution in [0.5, 0.6) is 5.75 Å². The smallest absolute Gasteiger partial charge is 0.305 e. The van der Waals surface area contributed by atoms with Gasteiger partial charge in [-0.05, 0) is 36.8 Å². The molecule has 0 unspecified atom stereocenters. The zero-order valence-electron chi connectivity index (χ0n) is 17.3. The minimum atomic E-state index is -4.13. The third kappa shape index (κ3) is 5.04. The number of anilines is 1. The number of phenolic OH excluding ortho intramolecular Hbond substituents is 1. The third-order valence-corrected chi connectivity index (χ3v) is 6.01. The summed E-state index contributed by atoms with van der Waals surface area (Å²) in [6.07, 6.45) is -0.0740. The van der Waals surface area contributed by atoms with Crippen molar-refractivity contribution >= 4 is 54.7 Å². The van der Waals surface area contributed by atoms with E-state index in [9.17, 15) is 23.1 Å². The van der Waals surface area contributed by atoms with Gasteiger partial charge < -0.3 is 19.5 Å². The number of benzene rings is 3. The molecule has 0 aliphatic carbocycles. The average molecular weight is 472 g/mol. The van der Waals surface area contributed by atoms with Crippen LogP contribution in [-0.2, 0) is 14.9 Å². The molecular formula is C22H20N2O8S. The highest BCUT2D eigenvalue weighted by Gasteiger charge is 2.15. The second-order valence-electron chi connectivity index (χ2n) is 7.59. The molecule has 0 atom stereocenters. The van der Waals surface area contributed by atoms with Crippen molar-refractivity contribution in [3.8, 4) is 5.75 Å². The lowest BCUT2D eigenvalue weighted by molar-refractivity contribution is -0.136. The van der Waals surface area contributed by atoms with Crippen molar-refractivity contribution in [2.45, 2.75) is 12.8 Å². The fraction of sp³-hybridized carbons (Fsp3) is 0.227. The summed E-state index contributed by atoms with van der Waals surface area (Å²) in [5.74, 6) is -1.52. The number of nitrogens with zero attached hydrogens (tertiary/aromatic N) is 2. The molecule has 4 aromatic rings. The van der Waals surface area contributed by atoms with Crippen LogP contribution in [0.25, 0.3) is 33.0 Å². The summed E-state index contributed by atoms with van der Waals surface area (Å²) in [5.41, 5.74) is 1.86. The van der Waals surface area contributed by atoms with Crippen LogP contribution in [-0.4, -0.2) is 53.0 Å². The van der Waals surface area contributed by atoms with Gasteiger partial charge in [0.1, 0.15) is 16.8 Å². The van der Waals surface area contributed by atoms with Crippen molar-refractivity contribution in [2.75, 3.05) is 23.7 Å². The number of hydrogen-bond acceptors (Lipinski definition) is 8. The Balaban J connectivity index is 1.77. The fourth-order valence-electron chi connectivity index (χ4n) is 3.69. The Labute approximate surface area is 187 Å². The molecule has 172 valence electrons. The number of hydrogen-bond donors (Lipinski definition) is 3. The van der Waals surface area contributed by atoms with Gasteiger partial charge in [-0.15, -0.1) is 0 Å². The summed E-state index contributed by atoms with van der Waals surface area (Å²) in [6, 6.07) is 10.7. The standard InChI is InChI=1S/C22H20N2O8S/c25-14-3-4-15-16(11-14)22-20(12-18(15)26)32-19-10-13(2-5-17(19)23-22)24(8-6-21(27)28)7-1-9-33(29,30)31/h2-5,10-12,26H,1,6-9H2,(H,27,28)(H,29,30,31). The maximum atomic E-state index is 11.8. The molecule has 0 spiro atoms. The van der Waals surface area contributed by atoms with E-state index in [1.54, 1.807) is 23.1 Å². The van der Waals surface area contributed by atoms with Crippen LogP contribution in [0.3, 0.4) is 0 Å². The Morgan fingerprint density at radius 2 is 1.82 bits per heavy atom. The fourth-order valence-corrected chi connectivity index (χ4v) is 4.18. The van der Waals surface area contributed by atoms with Gasteiger partial charge in [-0.25, -0.2) is 4.98 Å². The predicted molar refractivity (Wildman–Crippen MR) is 122 cm³/mol. The van der Waals surface area contributed by atoms with E-state index in [-0.39, 0.29) is 42.7 Å². The van der Waals surface area contributed by atoms with Crippen LogP contribution in [0.1, 0.15) is 12.8 Å². The first-order chi connectivity index (χ1) is 15.6. The molecule has 0 aliphatic heterocycles. The highest BCUT2D eigenvalue weighted by atomic mass is 32.2. The summed E-state index contributed by atoms with van der Waals surface area (Å²) < 4.78 is 37.0. The van der Waals surface area contributed by atoms with E-state index >= 15 is 0 Å². The molecule has 11 heteroatoms. The van der Waals surface area contributed by atoms with Crippen LogP contribution in [0, 0.1) is 0 Å². The lowest BCUT2D eigenvalue weighted by atomic mass is 10.1. The number of carboxylic acids is 1. The highest BCUT2D eigenvalue weighted by Crippen LogP contribution is 2.33. The van der Waals surface area contributed by atoms with Gasteiger partial charge in [0.05, 0.1) is 12.2 Å². The van der Waals surface area contributed by atoms with Crippen molar-refractivity contribution in [1.29, 1.82) is 0 Å². The summed E-state index contributed by atoms with van der Waals surface area (Å²) in [6.45, 7) is 0.308. The number of aliphatic carboxylic acids is 1. The number of rotatable bonds is 8. The van der Waals surface area contributed by atoms with Gasteiger partial charge in [0.2, 0.25) is 0 Å². The van der Waals surface area contributed by atoms with E-state index in [0.29, 0.717) is 33.1 Å². The van der Waals surface area contributed by atoms with E-state index in [4.69, 9.17) is 14.1 Å². The largest absolute Gasteiger partial charge is 0.507 e. The van der Waals surface area contributed by atoms with Gasteiger partial charge in [-0.3, -0.25) is 14.1 Å². The molecule has 3 N–H and O–H groups in total. The molecule has 1 heterocycles. The Morgan fingerprint density at radius 1 is 1.03 bits per heavy atom. The molecule has 1 aromatic heterocycles. The summed E-state index contributed by atoms with van der Waals surface area (Å²) in [5, 5.41) is 20.3. The number of carboxylic acid groups (broad SMARTS) is 1. The molecule has 10 nitrogen and oxygen atoms in total. The first-order valence-electron chi connectivity index (χ1n) is 10.0. The molecule has 0 amide bonds. The Kier molecular flexibility index (Phi) is 5.91. The monoisotopic (exact) mass is 472 g/mol. The topological polar surface area (TPSA) is 158 Å². The molecule has 0 fully saturated rings. The van der Waals surface area contributed by atoms with Gasteiger partial charge in [-0.1, -0.05) is 0 Å². The van der Waals surface area contributed by atoms with Crippen LogP contribution in [0.4, 0.5) is 5.69 Å². The van der Waals surface area contributed by atoms with Crippen LogP contribution in [0.2, 0.25) is 0 Å². The third-order valence-electron chi connectivity index (χ3n) is 5.21. The molecular weight excluding hydrogens is 452 g/mol. The Hall–Kier alpha value is -3.70. The molecule has 0 radical (unpaired) electrons. The van der Waals surface area contributed by atoms with E-state index in [1.165, 1.54) is 24.3 Å². The summed E-state index contributed by atoms with van der Waals surface area (Å²) in [4.78, 5) is 29.2. The minimum absolute atomic E-state index is 0.0631. The number of carbonyl (C=O) groups is 1. The zero-order chi connectivity index (χ0) is 23.8. The second-order valence-corrected chi connectivity index (χ2v) is 9.16. The normalized spacial score (nSPS) is 11.9. The number of phenols is 1. The maximum absolute atomic E-state index is 11.8. The van der Waals surface area contributed by atoms with Gasteiger partial charge in [-0.2, -0.15) is 8.42 Å². The highest BCUT2D eigenvalue weighted by molar-refractivity contribution is 7.85. The van der Waals surface area contributed by atoms with Crippen molar-refractivity contribution in [2.24, 2.45) is 0 Å². The quantitative estimate of drug-likeness (QED) is 0.198. The lowest BCUT2D eigenvalue weighted by Crippen LogP contribution is -2.28. The predicted octanol–water partition coefficient (Wildman–Crippen LogP) is 2.76. The van der Waals surface area contributed by atoms with Crippen molar-refractivity contribution in [3.63, 3.8) is 0 Å². The second kappa shape index (κ2) is 8.68. The van der Waals surface area contributed by atoms with E-state index in [2.05, 4.69) is 4.98 Å². The van der Waals surface area contributed by atoms with Gasteiger partial charge >= 0.3 is 5.97 Å². The molecule has 4 rings (SSSR count). The average Bonchev–Trinajstić information content (AvgIpc) is 2.73.